The summed E-state index contributed by atoms with van der Waals surface area (Å²) >= 11 is 0. The van der Waals surface area contributed by atoms with Crippen LogP contribution in [-0.4, -0.2) is 25.0 Å². The highest BCUT2D eigenvalue weighted by molar-refractivity contribution is 5.94. The molecule has 2 aromatic carbocycles. The second-order valence-corrected chi connectivity index (χ2v) is 7.06. The number of para-hydroxylation sites is 1. The van der Waals surface area contributed by atoms with Gasteiger partial charge in [-0.05, 0) is 35.6 Å². The van der Waals surface area contributed by atoms with Crippen LogP contribution in [0, 0.1) is 0 Å². The third-order valence-corrected chi connectivity index (χ3v) is 4.58. The van der Waals surface area contributed by atoms with E-state index >= 15 is 0 Å². The molecule has 1 heterocycles. The maximum atomic E-state index is 12.1. The maximum Gasteiger partial charge on any atom is 0.351 e. The monoisotopic (exact) mass is 393 g/mol. The van der Waals surface area contributed by atoms with Crippen LogP contribution in [0.25, 0.3) is 11.0 Å². The average molecular weight is 393 g/mol. The molecule has 6 heteroatoms. The van der Waals surface area contributed by atoms with E-state index in [1.165, 1.54) is 11.6 Å². The van der Waals surface area contributed by atoms with E-state index in [0.29, 0.717) is 29.9 Å². The quantitative estimate of drug-likeness (QED) is 0.491. The van der Waals surface area contributed by atoms with E-state index in [1.807, 2.05) is 12.1 Å². The smallest absolute Gasteiger partial charge is 0.351 e. The summed E-state index contributed by atoms with van der Waals surface area (Å²) in [6, 6.07) is 16.5. The number of ether oxygens (including phenoxy) is 1. The molecule has 0 aliphatic carbocycles. The number of fused-ring (bicyclic) bond motifs is 1. The molecular weight excluding hydrogens is 370 g/mol. The summed E-state index contributed by atoms with van der Waals surface area (Å²) in [6.07, 6.45) is 0.673. The molecule has 0 spiro atoms. The number of carbonyl (C=O) groups is 2. The van der Waals surface area contributed by atoms with Gasteiger partial charge in [0.2, 0.25) is 0 Å². The number of amides is 1. The minimum atomic E-state index is -0.885. The van der Waals surface area contributed by atoms with Crippen molar-refractivity contribution >= 4 is 22.8 Å². The first-order chi connectivity index (χ1) is 13.9. The van der Waals surface area contributed by atoms with Crippen molar-refractivity contribution in [1.29, 1.82) is 0 Å². The zero-order chi connectivity index (χ0) is 20.8. The Hall–Kier alpha value is -3.41. The molecule has 1 amide bonds. The number of benzene rings is 2. The second kappa shape index (κ2) is 9.19. The third-order valence-electron chi connectivity index (χ3n) is 4.58. The van der Waals surface area contributed by atoms with E-state index in [2.05, 4.69) is 31.3 Å². The molecule has 1 N–H and O–H groups in total. The Morgan fingerprint density at radius 1 is 1.07 bits per heavy atom. The molecule has 0 atom stereocenters. The Balaban J connectivity index is 1.48. The number of esters is 1. The molecule has 0 aliphatic rings. The van der Waals surface area contributed by atoms with Gasteiger partial charge in [0, 0.05) is 11.9 Å². The van der Waals surface area contributed by atoms with Crippen LogP contribution < -0.4 is 10.9 Å². The fourth-order valence-corrected chi connectivity index (χ4v) is 2.88. The molecule has 6 nitrogen and oxygen atoms in total. The Morgan fingerprint density at radius 2 is 1.79 bits per heavy atom. The van der Waals surface area contributed by atoms with Crippen molar-refractivity contribution in [3.05, 3.63) is 81.7 Å². The van der Waals surface area contributed by atoms with Crippen molar-refractivity contribution in [2.45, 2.75) is 26.2 Å². The molecule has 0 saturated carbocycles. The maximum absolute atomic E-state index is 12.1. The topological polar surface area (TPSA) is 85.6 Å². The lowest BCUT2D eigenvalue weighted by molar-refractivity contribution is -0.124. The molecule has 3 aromatic rings. The Labute approximate surface area is 168 Å². The van der Waals surface area contributed by atoms with Crippen molar-refractivity contribution in [2.24, 2.45) is 0 Å². The van der Waals surface area contributed by atoms with Gasteiger partial charge in [-0.1, -0.05) is 56.3 Å². The standard InChI is InChI=1S/C23H23NO5/c1-15(2)17-9-7-16(8-10-17)11-12-24-21(25)14-28-22(26)19-13-18-5-3-4-6-20(18)29-23(19)27/h3-10,13,15H,11-12,14H2,1-2H3,(H,24,25). The number of hydrogen-bond acceptors (Lipinski definition) is 5. The van der Waals surface area contributed by atoms with Gasteiger partial charge in [-0.15, -0.1) is 0 Å². The zero-order valence-electron chi connectivity index (χ0n) is 16.4. The summed E-state index contributed by atoms with van der Waals surface area (Å²) < 4.78 is 10.1. The lowest BCUT2D eigenvalue weighted by Gasteiger charge is -2.08. The lowest BCUT2D eigenvalue weighted by Crippen LogP contribution is -2.31. The highest BCUT2D eigenvalue weighted by atomic mass is 16.5. The molecule has 0 unspecified atom stereocenters. The van der Waals surface area contributed by atoms with Crippen LogP contribution in [-0.2, 0) is 16.0 Å². The minimum Gasteiger partial charge on any atom is -0.452 e. The van der Waals surface area contributed by atoms with Gasteiger partial charge >= 0.3 is 11.6 Å². The van der Waals surface area contributed by atoms with E-state index in [1.54, 1.807) is 24.3 Å². The Morgan fingerprint density at radius 3 is 2.52 bits per heavy atom. The summed E-state index contributed by atoms with van der Waals surface area (Å²) in [6.45, 7) is 4.24. The van der Waals surface area contributed by atoms with Gasteiger partial charge in [-0.2, -0.15) is 0 Å². The van der Waals surface area contributed by atoms with Crippen molar-refractivity contribution in [3.63, 3.8) is 0 Å². The fraction of sp³-hybridized carbons (Fsp3) is 0.261. The molecule has 0 aliphatic heterocycles. The van der Waals surface area contributed by atoms with Crippen LogP contribution in [0.4, 0.5) is 0 Å². The predicted octanol–water partition coefficient (Wildman–Crippen LogP) is 3.43. The molecule has 3 rings (SSSR count). The molecule has 29 heavy (non-hydrogen) atoms. The molecule has 1 aromatic heterocycles. The van der Waals surface area contributed by atoms with E-state index < -0.39 is 24.1 Å². The molecule has 0 radical (unpaired) electrons. The highest BCUT2D eigenvalue weighted by Gasteiger charge is 2.16. The van der Waals surface area contributed by atoms with E-state index in [-0.39, 0.29) is 5.56 Å². The number of carbonyl (C=O) groups excluding carboxylic acids is 2. The van der Waals surface area contributed by atoms with Crippen LogP contribution in [0.3, 0.4) is 0 Å². The van der Waals surface area contributed by atoms with Gasteiger partial charge in [0.1, 0.15) is 11.1 Å². The first kappa shape index (κ1) is 20.3. The van der Waals surface area contributed by atoms with Crippen molar-refractivity contribution in [2.75, 3.05) is 13.2 Å². The van der Waals surface area contributed by atoms with Gasteiger partial charge in [0.05, 0.1) is 0 Å². The van der Waals surface area contributed by atoms with Gasteiger partial charge in [0.15, 0.2) is 6.61 Å². The third kappa shape index (κ3) is 5.31. The summed E-state index contributed by atoms with van der Waals surface area (Å²) in [5.74, 6) is -0.838. The number of nitrogens with one attached hydrogen (secondary N) is 1. The highest BCUT2D eigenvalue weighted by Crippen LogP contribution is 2.15. The number of hydrogen-bond donors (Lipinski definition) is 1. The van der Waals surface area contributed by atoms with Crippen LogP contribution in [0.15, 0.2) is 63.8 Å². The van der Waals surface area contributed by atoms with Crippen LogP contribution in [0.1, 0.15) is 41.3 Å². The zero-order valence-corrected chi connectivity index (χ0v) is 16.4. The van der Waals surface area contributed by atoms with Crippen molar-refractivity contribution in [1.82, 2.24) is 5.32 Å². The van der Waals surface area contributed by atoms with Crippen LogP contribution >= 0.6 is 0 Å². The van der Waals surface area contributed by atoms with Crippen molar-refractivity contribution in [3.8, 4) is 0 Å². The largest absolute Gasteiger partial charge is 0.452 e. The molecule has 0 bridgehead atoms. The lowest BCUT2D eigenvalue weighted by atomic mass is 10.0. The fourth-order valence-electron chi connectivity index (χ4n) is 2.88. The van der Waals surface area contributed by atoms with E-state index in [9.17, 15) is 14.4 Å². The average Bonchev–Trinajstić information content (AvgIpc) is 2.72. The summed E-state index contributed by atoms with van der Waals surface area (Å²) in [4.78, 5) is 36.0. The SMILES string of the molecule is CC(C)c1ccc(CCNC(=O)COC(=O)c2cc3ccccc3oc2=O)cc1. The first-order valence-corrected chi connectivity index (χ1v) is 9.49. The van der Waals surface area contributed by atoms with Gasteiger partial charge in [-0.3, -0.25) is 4.79 Å². The van der Waals surface area contributed by atoms with Crippen LogP contribution in [0.2, 0.25) is 0 Å². The van der Waals surface area contributed by atoms with Gasteiger partial charge < -0.3 is 14.5 Å². The number of rotatable bonds is 7. The van der Waals surface area contributed by atoms with Crippen LogP contribution in [0.5, 0.6) is 0 Å². The molecule has 0 fully saturated rings. The molecular formula is C23H23NO5. The first-order valence-electron chi connectivity index (χ1n) is 9.49. The van der Waals surface area contributed by atoms with Crippen molar-refractivity contribution < 1.29 is 18.7 Å². The minimum absolute atomic E-state index is 0.234. The summed E-state index contributed by atoms with van der Waals surface area (Å²) in [5, 5.41) is 3.31. The Bertz CT molecular complexity index is 1070. The molecule has 150 valence electrons. The van der Waals surface area contributed by atoms with E-state index in [0.717, 1.165) is 5.56 Å². The molecule has 0 saturated heterocycles. The second-order valence-electron chi connectivity index (χ2n) is 7.06. The normalized spacial score (nSPS) is 10.9. The summed E-state index contributed by atoms with van der Waals surface area (Å²) in [7, 11) is 0. The summed E-state index contributed by atoms with van der Waals surface area (Å²) in [5.41, 5.74) is 1.73. The van der Waals surface area contributed by atoms with E-state index in [4.69, 9.17) is 9.15 Å². The van der Waals surface area contributed by atoms with Gasteiger partial charge in [-0.25, -0.2) is 9.59 Å². The Kier molecular flexibility index (Phi) is 6.44. The van der Waals surface area contributed by atoms with Gasteiger partial charge in [0.25, 0.3) is 5.91 Å². The predicted molar refractivity (Wildman–Crippen MR) is 110 cm³/mol.